The Labute approximate surface area is 99.7 Å². The molecule has 0 saturated carbocycles. The van der Waals surface area contributed by atoms with Crippen LogP contribution in [0.25, 0.3) is 0 Å². The molecule has 1 aromatic rings. The fraction of sp³-hybridized carbons (Fsp3) is 0.300. The number of hydrogen-bond donors (Lipinski definition) is 2. The van der Waals surface area contributed by atoms with Crippen LogP contribution in [-0.2, 0) is 4.79 Å². The first-order valence-corrected chi connectivity index (χ1v) is 4.70. The van der Waals surface area contributed by atoms with Crippen LogP contribution in [0.4, 0.5) is 28.9 Å². The minimum absolute atomic E-state index is 0.0470. The fourth-order valence-electron chi connectivity index (χ4n) is 1.08. The highest BCUT2D eigenvalue weighted by atomic mass is 19.3. The maximum absolute atomic E-state index is 12.7. The molecular formula is C10H10F4N2O2. The van der Waals surface area contributed by atoms with E-state index in [2.05, 4.69) is 0 Å². The number of methoxy groups -OCH3 is 1. The average molecular weight is 266 g/mol. The molecule has 0 spiro atoms. The number of nitrogen functional groups attached to an aromatic ring is 1. The van der Waals surface area contributed by atoms with Gasteiger partial charge >= 0.3 is 18.3 Å². The van der Waals surface area contributed by atoms with E-state index in [1.165, 1.54) is 19.2 Å². The third-order valence-corrected chi connectivity index (χ3v) is 2.09. The Morgan fingerprint density at radius 3 is 2.56 bits per heavy atom. The van der Waals surface area contributed by atoms with Crippen molar-refractivity contribution >= 4 is 17.3 Å². The first-order valence-electron chi connectivity index (χ1n) is 4.70. The average Bonchev–Trinajstić information content (AvgIpc) is 2.31. The lowest BCUT2D eigenvalue weighted by atomic mass is 10.2. The summed E-state index contributed by atoms with van der Waals surface area (Å²) in [4.78, 5) is 11.0. The molecule has 3 N–H and O–H groups in total. The Morgan fingerprint density at radius 1 is 1.44 bits per heavy atom. The van der Waals surface area contributed by atoms with Gasteiger partial charge in [0.2, 0.25) is 0 Å². The molecule has 0 atom stereocenters. The molecule has 0 fully saturated rings. The third-order valence-electron chi connectivity index (χ3n) is 2.09. The van der Waals surface area contributed by atoms with Crippen LogP contribution in [0.2, 0.25) is 0 Å². The Bertz CT molecular complexity index is 452. The van der Waals surface area contributed by atoms with Crippen molar-refractivity contribution < 1.29 is 27.1 Å². The first kappa shape index (κ1) is 14.1. The molecule has 0 aliphatic carbocycles. The van der Waals surface area contributed by atoms with Crippen molar-refractivity contribution in [1.29, 1.82) is 0 Å². The van der Waals surface area contributed by atoms with E-state index in [1.54, 1.807) is 5.32 Å². The van der Waals surface area contributed by atoms with Crippen molar-refractivity contribution in [1.82, 2.24) is 0 Å². The smallest absolute Gasteiger partial charge is 0.383 e. The molecule has 0 aliphatic rings. The molecular weight excluding hydrogens is 256 g/mol. The summed E-state index contributed by atoms with van der Waals surface area (Å²) in [5.41, 5.74) is 5.14. The fourth-order valence-corrected chi connectivity index (χ4v) is 1.08. The van der Waals surface area contributed by atoms with E-state index in [0.29, 0.717) is 0 Å². The SMILES string of the molecule is COc1ccc(N)c(NC(=O)C(F)(F)C(F)F)c1. The highest BCUT2D eigenvalue weighted by Gasteiger charge is 2.49. The summed E-state index contributed by atoms with van der Waals surface area (Å²) in [7, 11) is 1.31. The van der Waals surface area contributed by atoms with Gasteiger partial charge in [-0.05, 0) is 12.1 Å². The zero-order valence-electron chi connectivity index (χ0n) is 9.22. The minimum atomic E-state index is -4.78. The Kier molecular flexibility index (Phi) is 4.00. The molecule has 0 unspecified atom stereocenters. The van der Waals surface area contributed by atoms with Crippen LogP contribution in [0.3, 0.4) is 0 Å². The van der Waals surface area contributed by atoms with Gasteiger partial charge in [-0.1, -0.05) is 0 Å². The molecule has 8 heteroatoms. The first-order chi connectivity index (χ1) is 8.28. The summed E-state index contributed by atoms with van der Waals surface area (Å²) in [5.74, 6) is -6.67. The summed E-state index contributed by atoms with van der Waals surface area (Å²) >= 11 is 0. The predicted octanol–water partition coefficient (Wildman–Crippen LogP) is 2.12. The van der Waals surface area contributed by atoms with E-state index in [4.69, 9.17) is 10.5 Å². The number of nitrogens with one attached hydrogen (secondary N) is 1. The van der Waals surface area contributed by atoms with Gasteiger partial charge < -0.3 is 15.8 Å². The highest BCUT2D eigenvalue weighted by molar-refractivity contribution is 5.98. The largest absolute Gasteiger partial charge is 0.497 e. The maximum atomic E-state index is 12.7. The van der Waals surface area contributed by atoms with Gasteiger partial charge in [-0.3, -0.25) is 4.79 Å². The third kappa shape index (κ3) is 2.82. The molecule has 0 heterocycles. The second-order valence-electron chi connectivity index (χ2n) is 3.33. The molecule has 4 nitrogen and oxygen atoms in total. The van der Waals surface area contributed by atoms with E-state index in [-0.39, 0.29) is 17.1 Å². The van der Waals surface area contributed by atoms with E-state index in [9.17, 15) is 22.4 Å². The standard InChI is InChI=1S/C10H10F4N2O2/c1-18-5-2-3-6(15)7(4-5)16-9(17)10(13,14)8(11)12/h2-4,8H,15H2,1H3,(H,16,17). The van der Waals surface area contributed by atoms with Crippen molar-refractivity contribution in [3.63, 3.8) is 0 Å². The summed E-state index contributed by atoms with van der Waals surface area (Å²) < 4.78 is 54.1. The van der Waals surface area contributed by atoms with Gasteiger partial charge in [0.05, 0.1) is 18.5 Å². The quantitative estimate of drug-likeness (QED) is 0.648. The number of nitrogens with two attached hydrogens (primary N) is 1. The number of ether oxygens (including phenoxy) is 1. The lowest BCUT2D eigenvalue weighted by Crippen LogP contribution is -2.41. The van der Waals surface area contributed by atoms with Crippen molar-refractivity contribution in [3.05, 3.63) is 18.2 Å². The summed E-state index contributed by atoms with van der Waals surface area (Å²) in [6.07, 6.45) is -4.09. The van der Waals surface area contributed by atoms with Gasteiger partial charge in [0, 0.05) is 6.07 Å². The lowest BCUT2D eigenvalue weighted by molar-refractivity contribution is -0.163. The number of halogens is 4. The zero-order chi connectivity index (χ0) is 13.9. The molecule has 0 radical (unpaired) electrons. The molecule has 0 aromatic heterocycles. The normalized spacial score (nSPS) is 11.4. The predicted molar refractivity (Wildman–Crippen MR) is 57.0 cm³/mol. The number of amides is 1. The summed E-state index contributed by atoms with van der Waals surface area (Å²) in [5, 5.41) is 1.63. The van der Waals surface area contributed by atoms with Crippen LogP contribution in [0, 0.1) is 0 Å². The van der Waals surface area contributed by atoms with Gasteiger partial charge in [0.1, 0.15) is 5.75 Å². The van der Waals surface area contributed by atoms with Crippen LogP contribution >= 0.6 is 0 Å². The van der Waals surface area contributed by atoms with E-state index in [1.807, 2.05) is 0 Å². The number of anilines is 2. The lowest BCUT2D eigenvalue weighted by Gasteiger charge is -2.16. The molecule has 1 rings (SSSR count). The van der Waals surface area contributed by atoms with Crippen LogP contribution in [-0.4, -0.2) is 25.4 Å². The zero-order valence-corrected chi connectivity index (χ0v) is 9.22. The van der Waals surface area contributed by atoms with E-state index < -0.39 is 18.3 Å². The summed E-state index contributed by atoms with van der Waals surface area (Å²) in [6.45, 7) is 0. The number of benzene rings is 1. The molecule has 0 aliphatic heterocycles. The Morgan fingerprint density at radius 2 is 2.06 bits per heavy atom. The van der Waals surface area contributed by atoms with Gasteiger partial charge in [-0.25, -0.2) is 8.78 Å². The minimum Gasteiger partial charge on any atom is -0.497 e. The summed E-state index contributed by atoms with van der Waals surface area (Å²) in [6, 6.07) is 3.86. The van der Waals surface area contributed by atoms with Gasteiger partial charge in [-0.2, -0.15) is 8.78 Å². The van der Waals surface area contributed by atoms with Crippen molar-refractivity contribution in [2.24, 2.45) is 0 Å². The van der Waals surface area contributed by atoms with Gasteiger partial charge in [-0.15, -0.1) is 0 Å². The van der Waals surface area contributed by atoms with Crippen LogP contribution in [0.5, 0.6) is 5.75 Å². The highest BCUT2D eigenvalue weighted by Crippen LogP contribution is 2.28. The maximum Gasteiger partial charge on any atom is 0.383 e. The van der Waals surface area contributed by atoms with Gasteiger partial charge in [0.15, 0.2) is 0 Å². The number of rotatable bonds is 4. The molecule has 100 valence electrons. The van der Waals surface area contributed by atoms with Crippen molar-refractivity contribution in [2.75, 3.05) is 18.2 Å². The monoisotopic (exact) mass is 266 g/mol. The number of alkyl halides is 4. The van der Waals surface area contributed by atoms with Crippen molar-refractivity contribution in [2.45, 2.75) is 12.3 Å². The molecule has 1 amide bonds. The number of carbonyl (C=O) groups is 1. The topological polar surface area (TPSA) is 64.3 Å². The van der Waals surface area contributed by atoms with E-state index >= 15 is 0 Å². The van der Waals surface area contributed by atoms with Crippen molar-refractivity contribution in [3.8, 4) is 5.75 Å². The molecule has 18 heavy (non-hydrogen) atoms. The van der Waals surface area contributed by atoms with Crippen LogP contribution < -0.4 is 15.8 Å². The molecule has 0 saturated heterocycles. The second kappa shape index (κ2) is 5.11. The van der Waals surface area contributed by atoms with E-state index in [0.717, 1.165) is 6.07 Å². The Hall–Kier alpha value is -1.99. The second-order valence-corrected chi connectivity index (χ2v) is 3.33. The number of hydrogen-bond acceptors (Lipinski definition) is 3. The van der Waals surface area contributed by atoms with Crippen LogP contribution in [0.1, 0.15) is 0 Å². The molecule has 1 aromatic carbocycles. The Balaban J connectivity index is 2.94. The van der Waals surface area contributed by atoms with Crippen LogP contribution in [0.15, 0.2) is 18.2 Å². The molecule has 0 bridgehead atoms. The van der Waals surface area contributed by atoms with Gasteiger partial charge in [0.25, 0.3) is 0 Å². The number of carbonyl (C=O) groups excluding carboxylic acids is 1.